The first-order valence-corrected chi connectivity index (χ1v) is 8.05. The minimum atomic E-state index is -1.07. The van der Waals surface area contributed by atoms with E-state index in [1.54, 1.807) is 25.1 Å². The van der Waals surface area contributed by atoms with Gasteiger partial charge in [-0.1, -0.05) is 25.1 Å². The van der Waals surface area contributed by atoms with Crippen molar-refractivity contribution in [1.82, 2.24) is 5.32 Å². The van der Waals surface area contributed by atoms with Gasteiger partial charge in [0.1, 0.15) is 6.04 Å². The molecule has 1 unspecified atom stereocenters. The highest BCUT2D eigenvalue weighted by Crippen LogP contribution is 2.12. The van der Waals surface area contributed by atoms with Gasteiger partial charge in [0.2, 0.25) is 0 Å². The van der Waals surface area contributed by atoms with Gasteiger partial charge in [0.25, 0.3) is 5.91 Å². The molecule has 0 fully saturated rings. The van der Waals surface area contributed by atoms with Crippen LogP contribution in [0.3, 0.4) is 0 Å². The first-order valence-electron chi connectivity index (χ1n) is 6.66. The molecule has 0 saturated heterocycles. The van der Waals surface area contributed by atoms with E-state index in [4.69, 9.17) is 5.11 Å². The number of carboxylic acid groups (broad SMARTS) is 1. The summed E-state index contributed by atoms with van der Waals surface area (Å²) in [4.78, 5) is 35.2. The van der Waals surface area contributed by atoms with Crippen molar-refractivity contribution >= 4 is 29.4 Å². The zero-order valence-corrected chi connectivity index (χ0v) is 12.9. The van der Waals surface area contributed by atoms with Gasteiger partial charge in [0.15, 0.2) is 5.78 Å². The molecule has 114 valence electrons. The molecule has 1 atom stereocenters. The van der Waals surface area contributed by atoms with E-state index in [0.29, 0.717) is 24.2 Å². The normalized spacial score (nSPS) is 11.7. The predicted molar refractivity (Wildman–Crippen MR) is 83.0 cm³/mol. The summed E-state index contributed by atoms with van der Waals surface area (Å²) in [5.41, 5.74) is 0.547. The minimum Gasteiger partial charge on any atom is -0.480 e. The summed E-state index contributed by atoms with van der Waals surface area (Å²) in [6, 6.07) is 5.50. The van der Waals surface area contributed by atoms with Crippen molar-refractivity contribution in [3.63, 3.8) is 0 Å². The van der Waals surface area contributed by atoms with Crippen LogP contribution in [-0.2, 0) is 4.79 Å². The maximum absolute atomic E-state index is 12.2. The van der Waals surface area contributed by atoms with Crippen LogP contribution >= 0.6 is 11.8 Å². The predicted octanol–water partition coefficient (Wildman–Crippen LogP) is 2.22. The number of benzene rings is 1. The van der Waals surface area contributed by atoms with E-state index in [2.05, 4.69) is 5.32 Å². The van der Waals surface area contributed by atoms with Gasteiger partial charge < -0.3 is 10.4 Å². The van der Waals surface area contributed by atoms with Crippen LogP contribution in [0, 0.1) is 0 Å². The Morgan fingerprint density at radius 3 is 2.38 bits per heavy atom. The Morgan fingerprint density at radius 2 is 1.86 bits per heavy atom. The first-order chi connectivity index (χ1) is 10.0. The standard InChI is InChI=1S/C15H19NO4S/c1-3-13(17)10-6-4-5-7-11(10)14(18)16-12(15(19)20)8-9-21-2/h4-7,12H,3,8-9H2,1-2H3,(H,16,18)(H,19,20). The molecule has 0 bridgehead atoms. The molecule has 1 amide bonds. The fourth-order valence-electron chi connectivity index (χ4n) is 1.84. The molecule has 0 aliphatic heterocycles. The molecule has 1 rings (SSSR count). The molecule has 21 heavy (non-hydrogen) atoms. The summed E-state index contributed by atoms with van der Waals surface area (Å²) in [6.07, 6.45) is 2.50. The lowest BCUT2D eigenvalue weighted by Crippen LogP contribution is -2.41. The number of hydrogen-bond donors (Lipinski definition) is 2. The topological polar surface area (TPSA) is 83.5 Å². The highest BCUT2D eigenvalue weighted by Gasteiger charge is 2.22. The number of aliphatic carboxylic acids is 1. The number of hydrogen-bond acceptors (Lipinski definition) is 4. The molecule has 2 N–H and O–H groups in total. The molecule has 0 spiro atoms. The lowest BCUT2D eigenvalue weighted by Gasteiger charge is -2.15. The number of amides is 1. The van der Waals surface area contributed by atoms with Crippen LogP contribution in [0.1, 0.15) is 40.5 Å². The molecule has 0 aliphatic carbocycles. The average Bonchev–Trinajstić information content (AvgIpc) is 2.50. The van der Waals surface area contributed by atoms with Gasteiger partial charge in [-0.3, -0.25) is 9.59 Å². The zero-order chi connectivity index (χ0) is 15.8. The zero-order valence-electron chi connectivity index (χ0n) is 12.1. The van der Waals surface area contributed by atoms with Gasteiger partial charge in [-0.25, -0.2) is 4.79 Å². The Labute approximate surface area is 128 Å². The van der Waals surface area contributed by atoms with Crippen molar-refractivity contribution in [2.45, 2.75) is 25.8 Å². The van der Waals surface area contributed by atoms with Gasteiger partial charge in [0, 0.05) is 12.0 Å². The van der Waals surface area contributed by atoms with Crippen molar-refractivity contribution in [2.24, 2.45) is 0 Å². The third-order valence-electron chi connectivity index (χ3n) is 3.01. The van der Waals surface area contributed by atoms with Gasteiger partial charge >= 0.3 is 5.97 Å². The van der Waals surface area contributed by atoms with Crippen molar-refractivity contribution in [3.8, 4) is 0 Å². The molecular weight excluding hydrogens is 290 g/mol. The lowest BCUT2D eigenvalue weighted by molar-refractivity contribution is -0.139. The molecule has 0 saturated carbocycles. The SMILES string of the molecule is CCC(=O)c1ccccc1C(=O)NC(CCSC)C(=O)O. The maximum Gasteiger partial charge on any atom is 0.326 e. The Morgan fingerprint density at radius 1 is 1.24 bits per heavy atom. The Hall–Kier alpha value is -1.82. The van der Waals surface area contributed by atoms with E-state index in [1.165, 1.54) is 17.8 Å². The highest BCUT2D eigenvalue weighted by atomic mass is 32.2. The summed E-state index contributed by atoms with van der Waals surface area (Å²) < 4.78 is 0. The van der Waals surface area contributed by atoms with E-state index >= 15 is 0 Å². The lowest BCUT2D eigenvalue weighted by atomic mass is 10.0. The number of thioether (sulfide) groups is 1. The van der Waals surface area contributed by atoms with Crippen LogP contribution < -0.4 is 5.32 Å². The number of rotatable bonds is 8. The van der Waals surface area contributed by atoms with Crippen molar-refractivity contribution in [1.29, 1.82) is 0 Å². The van der Waals surface area contributed by atoms with Crippen LogP contribution in [-0.4, -0.2) is 40.8 Å². The second-order valence-corrected chi connectivity index (χ2v) is 5.45. The smallest absolute Gasteiger partial charge is 0.326 e. The van der Waals surface area contributed by atoms with Crippen LogP contribution in [0.25, 0.3) is 0 Å². The molecule has 0 radical (unpaired) electrons. The van der Waals surface area contributed by atoms with Crippen LogP contribution in [0.4, 0.5) is 0 Å². The van der Waals surface area contributed by atoms with Crippen LogP contribution in [0.2, 0.25) is 0 Å². The van der Waals surface area contributed by atoms with E-state index < -0.39 is 17.9 Å². The summed E-state index contributed by atoms with van der Waals surface area (Å²) in [7, 11) is 0. The van der Waals surface area contributed by atoms with Gasteiger partial charge in [-0.2, -0.15) is 11.8 Å². The number of carbonyl (C=O) groups is 3. The van der Waals surface area contributed by atoms with Gasteiger partial charge in [-0.05, 0) is 24.5 Å². The number of carbonyl (C=O) groups excluding carboxylic acids is 2. The molecule has 0 aromatic heterocycles. The highest BCUT2D eigenvalue weighted by molar-refractivity contribution is 7.98. The molecular formula is C15H19NO4S. The van der Waals surface area contributed by atoms with Crippen molar-refractivity contribution in [3.05, 3.63) is 35.4 Å². The maximum atomic E-state index is 12.2. The molecule has 5 nitrogen and oxygen atoms in total. The van der Waals surface area contributed by atoms with Gasteiger partial charge in [-0.15, -0.1) is 0 Å². The number of ketones is 1. The Kier molecular flexibility index (Phi) is 6.94. The first kappa shape index (κ1) is 17.2. The Bertz CT molecular complexity index is 530. The summed E-state index contributed by atoms with van der Waals surface area (Å²) in [5.74, 6) is -1.11. The van der Waals surface area contributed by atoms with E-state index in [-0.39, 0.29) is 11.3 Å². The summed E-state index contributed by atoms with van der Waals surface area (Å²) >= 11 is 1.51. The fourth-order valence-corrected chi connectivity index (χ4v) is 2.32. The molecule has 6 heteroatoms. The number of Topliss-reactive ketones (excluding diaryl/α,β-unsaturated/α-hetero) is 1. The van der Waals surface area contributed by atoms with Crippen molar-refractivity contribution in [2.75, 3.05) is 12.0 Å². The third kappa shape index (κ3) is 4.90. The molecule has 0 aliphatic rings. The molecule has 1 aromatic rings. The van der Waals surface area contributed by atoms with E-state index in [0.717, 1.165) is 0 Å². The Balaban J connectivity index is 2.92. The largest absolute Gasteiger partial charge is 0.480 e. The van der Waals surface area contributed by atoms with Crippen LogP contribution in [0.15, 0.2) is 24.3 Å². The molecule has 0 heterocycles. The second kappa shape index (κ2) is 8.46. The number of carboxylic acids is 1. The van der Waals surface area contributed by atoms with Crippen molar-refractivity contribution < 1.29 is 19.5 Å². The number of nitrogens with one attached hydrogen (secondary N) is 1. The summed E-state index contributed by atoms with van der Waals surface area (Å²) in [5, 5.41) is 11.6. The summed E-state index contributed by atoms with van der Waals surface area (Å²) in [6.45, 7) is 1.72. The van der Waals surface area contributed by atoms with E-state index in [1.807, 2.05) is 6.26 Å². The minimum absolute atomic E-state index is 0.142. The monoisotopic (exact) mass is 309 g/mol. The van der Waals surface area contributed by atoms with Crippen LogP contribution in [0.5, 0.6) is 0 Å². The second-order valence-electron chi connectivity index (χ2n) is 4.47. The van der Waals surface area contributed by atoms with E-state index in [9.17, 15) is 14.4 Å². The quantitative estimate of drug-likeness (QED) is 0.719. The average molecular weight is 309 g/mol. The molecule has 1 aromatic carbocycles. The fraction of sp³-hybridized carbons (Fsp3) is 0.400. The third-order valence-corrected chi connectivity index (χ3v) is 3.65. The van der Waals surface area contributed by atoms with Gasteiger partial charge in [0.05, 0.1) is 5.56 Å².